The molecule has 23 heavy (non-hydrogen) atoms. The van der Waals surface area contributed by atoms with Crippen LogP contribution in [0.15, 0.2) is 41.2 Å². The molecule has 0 bridgehead atoms. The fraction of sp³-hybridized carbons (Fsp3) is 0.375. The fourth-order valence-corrected chi connectivity index (χ4v) is 2.32. The second-order valence-corrected chi connectivity index (χ2v) is 5.11. The van der Waals surface area contributed by atoms with E-state index in [4.69, 9.17) is 0 Å². The Morgan fingerprint density at radius 1 is 1.22 bits per heavy atom. The lowest BCUT2D eigenvalue weighted by Gasteiger charge is -2.18. The molecule has 0 amide bonds. The van der Waals surface area contributed by atoms with Crippen LogP contribution in [-0.4, -0.2) is 39.2 Å². The van der Waals surface area contributed by atoms with Gasteiger partial charge in [-0.2, -0.15) is 5.10 Å². The molecule has 2 aromatic rings. The third-order valence-electron chi connectivity index (χ3n) is 3.74. The molecule has 0 spiro atoms. The molecule has 0 fully saturated rings. The van der Waals surface area contributed by atoms with Gasteiger partial charge in [0.2, 0.25) is 0 Å². The minimum absolute atomic E-state index is 0.00481. The van der Waals surface area contributed by atoms with Crippen LogP contribution in [0.5, 0.6) is 0 Å². The van der Waals surface area contributed by atoms with Crippen molar-refractivity contribution in [2.75, 3.05) is 19.6 Å². The minimum atomic E-state index is -0.445. The number of hydrogen-bond acceptors (Lipinski definition) is 5. The van der Waals surface area contributed by atoms with Crippen LogP contribution in [0.25, 0.3) is 11.3 Å². The van der Waals surface area contributed by atoms with Gasteiger partial charge in [-0.05, 0) is 19.2 Å². The van der Waals surface area contributed by atoms with Crippen molar-refractivity contribution in [3.05, 3.63) is 56.9 Å². The minimum Gasteiger partial charge on any atom is -0.302 e. The molecule has 122 valence electrons. The van der Waals surface area contributed by atoms with Gasteiger partial charge in [0, 0.05) is 30.3 Å². The molecule has 0 saturated carbocycles. The number of nitro benzene ring substituents is 1. The Bertz CT molecular complexity index is 738. The average Bonchev–Trinajstić information content (AvgIpc) is 2.57. The van der Waals surface area contributed by atoms with E-state index in [2.05, 4.69) is 23.8 Å². The lowest BCUT2D eigenvalue weighted by molar-refractivity contribution is -0.384. The van der Waals surface area contributed by atoms with Crippen molar-refractivity contribution >= 4 is 5.69 Å². The monoisotopic (exact) mass is 316 g/mol. The molecule has 2 rings (SSSR count). The molecule has 0 radical (unpaired) electrons. The molecule has 0 aliphatic rings. The summed E-state index contributed by atoms with van der Waals surface area (Å²) in [5.41, 5.74) is 1.00. The van der Waals surface area contributed by atoms with E-state index >= 15 is 0 Å². The van der Waals surface area contributed by atoms with Gasteiger partial charge in [-0.3, -0.25) is 14.9 Å². The highest BCUT2D eigenvalue weighted by molar-refractivity contribution is 5.61. The number of likely N-dealkylation sites (N-methyl/N-ethyl adjacent to an activating group) is 1. The van der Waals surface area contributed by atoms with Crippen LogP contribution in [0.4, 0.5) is 5.69 Å². The van der Waals surface area contributed by atoms with Crippen LogP contribution < -0.4 is 5.56 Å². The summed E-state index contributed by atoms with van der Waals surface area (Å²) >= 11 is 0. The number of rotatable bonds is 7. The number of nitro groups is 1. The van der Waals surface area contributed by atoms with Crippen LogP contribution in [0.2, 0.25) is 0 Å². The van der Waals surface area contributed by atoms with Crippen molar-refractivity contribution in [3.8, 4) is 11.3 Å². The third kappa shape index (κ3) is 4.23. The van der Waals surface area contributed by atoms with E-state index in [0.717, 1.165) is 19.6 Å². The first-order valence-electron chi connectivity index (χ1n) is 7.60. The molecule has 0 saturated heterocycles. The molecular weight excluding hydrogens is 296 g/mol. The number of benzene rings is 1. The van der Waals surface area contributed by atoms with Crippen LogP contribution >= 0.6 is 0 Å². The van der Waals surface area contributed by atoms with Crippen molar-refractivity contribution in [1.29, 1.82) is 0 Å². The molecule has 1 aromatic heterocycles. The second-order valence-electron chi connectivity index (χ2n) is 5.11. The van der Waals surface area contributed by atoms with Crippen LogP contribution in [0.3, 0.4) is 0 Å². The summed E-state index contributed by atoms with van der Waals surface area (Å²) < 4.78 is 1.41. The van der Waals surface area contributed by atoms with E-state index in [1.807, 2.05) is 0 Å². The second kappa shape index (κ2) is 7.64. The fourth-order valence-electron chi connectivity index (χ4n) is 2.32. The number of hydrogen-bond donors (Lipinski definition) is 0. The van der Waals surface area contributed by atoms with Gasteiger partial charge in [-0.25, -0.2) is 4.68 Å². The molecule has 7 nitrogen and oxygen atoms in total. The zero-order chi connectivity index (χ0) is 16.8. The van der Waals surface area contributed by atoms with Crippen molar-refractivity contribution in [3.63, 3.8) is 0 Å². The molecule has 7 heteroatoms. The predicted molar refractivity (Wildman–Crippen MR) is 88.4 cm³/mol. The quantitative estimate of drug-likeness (QED) is 0.577. The maximum Gasteiger partial charge on any atom is 0.270 e. The first-order chi connectivity index (χ1) is 11.0. The zero-order valence-corrected chi connectivity index (χ0v) is 13.3. The van der Waals surface area contributed by atoms with Gasteiger partial charge < -0.3 is 4.90 Å². The Balaban J connectivity index is 2.28. The Kier molecular flexibility index (Phi) is 5.59. The van der Waals surface area contributed by atoms with E-state index < -0.39 is 4.92 Å². The molecule has 0 unspecified atom stereocenters. The van der Waals surface area contributed by atoms with Crippen molar-refractivity contribution in [2.24, 2.45) is 0 Å². The molecule has 0 aliphatic heterocycles. The molecule has 0 N–H and O–H groups in total. The van der Waals surface area contributed by atoms with Gasteiger partial charge in [0.1, 0.15) is 0 Å². The zero-order valence-electron chi connectivity index (χ0n) is 13.3. The van der Waals surface area contributed by atoms with Gasteiger partial charge in [0.15, 0.2) is 0 Å². The van der Waals surface area contributed by atoms with Crippen LogP contribution in [0.1, 0.15) is 13.8 Å². The maximum absolute atomic E-state index is 11.9. The normalized spacial score (nSPS) is 10.9. The first kappa shape index (κ1) is 16.8. The number of nitrogens with zero attached hydrogens (tertiary/aromatic N) is 4. The molecule has 0 atom stereocenters. The van der Waals surface area contributed by atoms with E-state index in [-0.39, 0.29) is 11.2 Å². The summed E-state index contributed by atoms with van der Waals surface area (Å²) in [5, 5.41) is 15.2. The van der Waals surface area contributed by atoms with Gasteiger partial charge in [0.05, 0.1) is 17.2 Å². The smallest absolute Gasteiger partial charge is 0.270 e. The molecule has 1 heterocycles. The van der Waals surface area contributed by atoms with E-state index in [1.165, 1.54) is 22.9 Å². The Morgan fingerprint density at radius 3 is 2.61 bits per heavy atom. The van der Waals surface area contributed by atoms with Gasteiger partial charge in [-0.15, -0.1) is 0 Å². The summed E-state index contributed by atoms with van der Waals surface area (Å²) in [6, 6.07) is 9.29. The molecular formula is C16H20N4O3. The largest absolute Gasteiger partial charge is 0.302 e. The Labute approximate surface area is 134 Å². The first-order valence-corrected chi connectivity index (χ1v) is 7.60. The summed E-state index contributed by atoms with van der Waals surface area (Å²) in [7, 11) is 0. The van der Waals surface area contributed by atoms with Crippen molar-refractivity contribution in [1.82, 2.24) is 14.7 Å². The van der Waals surface area contributed by atoms with Gasteiger partial charge in [-0.1, -0.05) is 26.0 Å². The van der Waals surface area contributed by atoms with Crippen molar-refractivity contribution < 1.29 is 4.92 Å². The van der Waals surface area contributed by atoms with Crippen molar-refractivity contribution in [2.45, 2.75) is 20.4 Å². The average molecular weight is 316 g/mol. The van der Waals surface area contributed by atoms with Crippen LogP contribution in [-0.2, 0) is 6.54 Å². The van der Waals surface area contributed by atoms with E-state index in [0.29, 0.717) is 17.8 Å². The van der Waals surface area contributed by atoms with Crippen LogP contribution in [0, 0.1) is 10.1 Å². The van der Waals surface area contributed by atoms with E-state index in [1.54, 1.807) is 18.2 Å². The highest BCUT2D eigenvalue weighted by Crippen LogP contribution is 2.21. The predicted octanol–water partition coefficient (Wildman–Crippen LogP) is 2.16. The third-order valence-corrected chi connectivity index (χ3v) is 3.74. The highest BCUT2D eigenvalue weighted by Gasteiger charge is 2.10. The summed E-state index contributed by atoms with van der Waals surface area (Å²) in [6.07, 6.45) is 0. The lowest BCUT2D eigenvalue weighted by Crippen LogP contribution is -2.32. The van der Waals surface area contributed by atoms with E-state index in [9.17, 15) is 14.9 Å². The summed E-state index contributed by atoms with van der Waals surface area (Å²) in [6.45, 7) is 7.19. The molecule has 1 aromatic carbocycles. The Morgan fingerprint density at radius 2 is 1.96 bits per heavy atom. The standard InChI is InChI=1S/C16H20N4O3/c1-3-18(4-2)10-11-19-16(21)9-8-15(17-19)13-6-5-7-14(12-13)20(22)23/h5-9,12H,3-4,10-11H2,1-2H3. The summed E-state index contributed by atoms with van der Waals surface area (Å²) in [5.74, 6) is 0. The maximum atomic E-state index is 11.9. The topological polar surface area (TPSA) is 81.3 Å². The summed E-state index contributed by atoms with van der Waals surface area (Å²) in [4.78, 5) is 24.6. The molecule has 0 aliphatic carbocycles. The van der Waals surface area contributed by atoms with Gasteiger partial charge >= 0.3 is 0 Å². The Hall–Kier alpha value is -2.54. The highest BCUT2D eigenvalue weighted by atomic mass is 16.6. The lowest BCUT2D eigenvalue weighted by atomic mass is 10.1. The van der Waals surface area contributed by atoms with Gasteiger partial charge in [0.25, 0.3) is 11.2 Å². The number of non-ortho nitro benzene ring substituents is 1. The SMILES string of the molecule is CCN(CC)CCn1nc(-c2cccc([N+](=O)[O-])c2)ccc1=O. The number of aromatic nitrogens is 2.